The monoisotopic (exact) mass is 140 g/mol. The van der Waals surface area contributed by atoms with Crippen LogP contribution in [0.5, 0.6) is 0 Å². The van der Waals surface area contributed by atoms with Gasteiger partial charge in [-0.2, -0.15) is 8.42 Å². The Morgan fingerprint density at radius 3 is 2.38 bits per heavy atom. The molecule has 0 bridgehead atoms. The Balaban J connectivity index is 3.95. The van der Waals surface area contributed by atoms with Crippen LogP contribution in [0.2, 0.25) is 0 Å². The van der Waals surface area contributed by atoms with Crippen LogP contribution in [0.3, 0.4) is 0 Å². The van der Waals surface area contributed by atoms with Crippen molar-refractivity contribution in [3.63, 3.8) is 0 Å². The second-order valence-electron chi connectivity index (χ2n) is 0.886. The van der Waals surface area contributed by atoms with E-state index in [0.717, 1.165) is 0 Å². The molecule has 0 aromatic carbocycles. The van der Waals surface area contributed by atoms with Crippen molar-refractivity contribution < 1.29 is 17.0 Å². The lowest BCUT2D eigenvalue weighted by Gasteiger charge is -1.89. The molecule has 0 spiro atoms. The van der Waals surface area contributed by atoms with Gasteiger partial charge in [0.15, 0.2) is 0 Å². The quantitative estimate of drug-likeness (QED) is 0.533. The molecular weight excluding hydrogens is 135 g/mol. The van der Waals surface area contributed by atoms with Gasteiger partial charge in [0.1, 0.15) is 0 Å². The van der Waals surface area contributed by atoms with Crippen LogP contribution in [0.25, 0.3) is 0 Å². The van der Waals surface area contributed by atoms with Crippen LogP contribution in [0.1, 0.15) is 0 Å². The zero-order valence-corrected chi connectivity index (χ0v) is 4.82. The normalized spacial score (nSPS) is 11.1. The van der Waals surface area contributed by atoms with E-state index in [9.17, 15) is 12.8 Å². The molecule has 0 atom stereocenters. The maximum atomic E-state index is 11.0. The molecule has 0 rings (SSSR count). The second-order valence-corrected chi connectivity index (χ2v) is 2.44. The highest BCUT2D eigenvalue weighted by molar-refractivity contribution is 7.89. The highest BCUT2D eigenvalue weighted by atomic mass is 32.2. The molecule has 0 unspecified atom stereocenters. The van der Waals surface area contributed by atoms with Crippen molar-refractivity contribution in [1.82, 2.24) is 0 Å². The highest BCUT2D eigenvalue weighted by Gasteiger charge is 2.00. The third-order valence-corrected chi connectivity index (χ3v) is 1.24. The lowest BCUT2D eigenvalue weighted by molar-refractivity contribution is 0.202. The lowest BCUT2D eigenvalue weighted by Crippen LogP contribution is -1.98. The van der Waals surface area contributed by atoms with E-state index in [0.29, 0.717) is 5.41 Å². The summed E-state index contributed by atoms with van der Waals surface area (Å²) in [5.74, 6) is 0. The Kier molecular flexibility index (Phi) is 2.64. The molecule has 0 saturated carbocycles. The first-order valence-electron chi connectivity index (χ1n) is 1.70. The summed E-state index contributed by atoms with van der Waals surface area (Å²) < 4.78 is 34.6. The summed E-state index contributed by atoms with van der Waals surface area (Å²) in [5.41, 5.74) is 0. The summed E-state index contributed by atoms with van der Waals surface area (Å²) in [4.78, 5) is 0. The van der Waals surface area contributed by atoms with Crippen LogP contribution < -0.4 is 0 Å². The van der Waals surface area contributed by atoms with Gasteiger partial charge in [-0.1, -0.05) is 6.58 Å². The van der Waals surface area contributed by atoms with Gasteiger partial charge in [-0.25, -0.2) is 8.57 Å². The Hall–Kier alpha value is -0.420. The largest absolute Gasteiger partial charge is 0.291 e. The molecule has 48 valence electrons. The predicted molar refractivity (Wildman–Crippen MR) is 26.2 cm³/mol. The number of hydrogen-bond donors (Lipinski definition) is 0. The molecule has 0 aliphatic heterocycles. The first-order chi connectivity index (χ1) is 3.62. The smallest absolute Gasteiger partial charge is 0.233 e. The summed E-state index contributed by atoms with van der Waals surface area (Å²) in [7, 11) is -3.78. The van der Waals surface area contributed by atoms with Gasteiger partial charge in [0, 0.05) is 0 Å². The average molecular weight is 140 g/mol. The minimum Gasteiger partial charge on any atom is -0.233 e. The van der Waals surface area contributed by atoms with Crippen molar-refractivity contribution >= 4 is 10.1 Å². The van der Waals surface area contributed by atoms with E-state index in [1.165, 1.54) is 0 Å². The van der Waals surface area contributed by atoms with Crippen molar-refractivity contribution in [3.8, 4) is 0 Å². The number of halogens is 1. The van der Waals surface area contributed by atoms with Gasteiger partial charge in [0.2, 0.25) is 6.86 Å². The van der Waals surface area contributed by atoms with Crippen LogP contribution in [0.15, 0.2) is 12.0 Å². The first kappa shape index (κ1) is 7.58. The molecule has 0 aromatic heterocycles. The molecule has 0 N–H and O–H groups in total. The third kappa shape index (κ3) is 2.70. The third-order valence-electron chi connectivity index (χ3n) is 0.413. The van der Waals surface area contributed by atoms with E-state index in [1.54, 1.807) is 0 Å². The molecule has 0 fully saturated rings. The molecule has 0 aliphatic rings. The van der Waals surface area contributed by atoms with Gasteiger partial charge in [-0.3, -0.25) is 0 Å². The number of rotatable bonds is 3. The van der Waals surface area contributed by atoms with E-state index >= 15 is 0 Å². The van der Waals surface area contributed by atoms with Gasteiger partial charge in [0.05, 0.1) is 5.41 Å². The Morgan fingerprint density at radius 1 is 1.75 bits per heavy atom. The van der Waals surface area contributed by atoms with Crippen molar-refractivity contribution in [2.24, 2.45) is 0 Å². The standard InChI is InChI=1S/C3H5FO3S/c1-2-8(5,6)7-3-4/h2H,1,3H2. The highest BCUT2D eigenvalue weighted by Crippen LogP contribution is 1.91. The molecule has 0 saturated heterocycles. The fourth-order valence-electron chi connectivity index (χ4n) is 0.110. The molecule has 0 aliphatic carbocycles. The van der Waals surface area contributed by atoms with E-state index in [2.05, 4.69) is 10.8 Å². The van der Waals surface area contributed by atoms with Gasteiger partial charge in [-0.05, 0) is 0 Å². The van der Waals surface area contributed by atoms with E-state index in [4.69, 9.17) is 0 Å². The lowest BCUT2D eigenvalue weighted by atomic mass is 11.3. The summed E-state index contributed by atoms with van der Waals surface area (Å²) >= 11 is 0. The van der Waals surface area contributed by atoms with Crippen molar-refractivity contribution in [1.29, 1.82) is 0 Å². The molecular formula is C3H5FO3S. The zero-order chi connectivity index (χ0) is 6.62. The van der Waals surface area contributed by atoms with E-state index < -0.39 is 17.0 Å². The second kappa shape index (κ2) is 2.78. The Bertz CT molecular complexity index is 159. The molecule has 3 nitrogen and oxygen atoms in total. The Morgan fingerprint density at radius 2 is 2.25 bits per heavy atom. The molecule has 0 radical (unpaired) electrons. The molecule has 8 heavy (non-hydrogen) atoms. The van der Waals surface area contributed by atoms with E-state index in [-0.39, 0.29) is 0 Å². The minimum atomic E-state index is -3.78. The van der Waals surface area contributed by atoms with E-state index in [1.807, 2.05) is 0 Å². The van der Waals surface area contributed by atoms with Crippen molar-refractivity contribution in [3.05, 3.63) is 12.0 Å². The molecule has 5 heteroatoms. The van der Waals surface area contributed by atoms with Crippen LogP contribution in [-0.4, -0.2) is 15.3 Å². The molecule has 0 aromatic rings. The topological polar surface area (TPSA) is 43.4 Å². The van der Waals surface area contributed by atoms with Gasteiger partial charge in [0.25, 0.3) is 10.1 Å². The molecule has 0 amide bonds. The van der Waals surface area contributed by atoms with Crippen LogP contribution in [-0.2, 0) is 14.3 Å². The molecule has 0 heterocycles. The predicted octanol–water partition coefficient (Wildman–Crippen LogP) is 0.403. The van der Waals surface area contributed by atoms with Crippen LogP contribution in [0, 0.1) is 0 Å². The minimum absolute atomic E-state index is 0.534. The summed E-state index contributed by atoms with van der Waals surface area (Å²) in [6.45, 7) is 1.53. The Labute approximate surface area is 46.9 Å². The SMILES string of the molecule is C=CS(=O)(=O)OCF. The van der Waals surface area contributed by atoms with Crippen LogP contribution in [0.4, 0.5) is 4.39 Å². The fourth-order valence-corrected chi connectivity index (χ4v) is 0.331. The fraction of sp³-hybridized carbons (Fsp3) is 0.333. The van der Waals surface area contributed by atoms with Crippen LogP contribution >= 0.6 is 0 Å². The average Bonchev–Trinajstić information content (AvgIpc) is 1.67. The summed E-state index contributed by atoms with van der Waals surface area (Å²) in [6, 6.07) is 0. The number of alkyl halides is 1. The maximum Gasteiger partial charge on any atom is 0.291 e. The van der Waals surface area contributed by atoms with Gasteiger partial charge in [-0.15, -0.1) is 0 Å². The summed E-state index contributed by atoms with van der Waals surface area (Å²) in [5, 5.41) is 0.534. The number of hydrogen-bond acceptors (Lipinski definition) is 3. The van der Waals surface area contributed by atoms with Crippen molar-refractivity contribution in [2.45, 2.75) is 0 Å². The zero-order valence-electron chi connectivity index (χ0n) is 4.00. The summed E-state index contributed by atoms with van der Waals surface area (Å²) in [6.07, 6.45) is 0. The van der Waals surface area contributed by atoms with Gasteiger partial charge < -0.3 is 0 Å². The first-order valence-corrected chi connectivity index (χ1v) is 3.17. The maximum absolute atomic E-state index is 11.0. The van der Waals surface area contributed by atoms with Crippen molar-refractivity contribution in [2.75, 3.05) is 6.86 Å². The van der Waals surface area contributed by atoms with Gasteiger partial charge >= 0.3 is 0 Å².